The van der Waals surface area contributed by atoms with Crippen molar-refractivity contribution >= 4 is 5.96 Å². The van der Waals surface area contributed by atoms with Crippen molar-refractivity contribution < 1.29 is 13.5 Å². The molecular weight excluding hydrogens is 323 g/mol. The summed E-state index contributed by atoms with van der Waals surface area (Å²) in [5, 5.41) is 6.41. The number of halogens is 1. The van der Waals surface area contributed by atoms with Gasteiger partial charge in [-0.3, -0.25) is 0 Å². The summed E-state index contributed by atoms with van der Waals surface area (Å²) in [7, 11) is 0. The fourth-order valence-corrected chi connectivity index (χ4v) is 2.10. The molecule has 2 N–H and O–H groups in total. The molecule has 0 amide bonds. The minimum atomic E-state index is -0.267. The van der Waals surface area contributed by atoms with Gasteiger partial charge in [-0.25, -0.2) is 14.4 Å². The molecule has 1 aromatic carbocycles. The van der Waals surface area contributed by atoms with Crippen molar-refractivity contribution in [2.24, 2.45) is 4.99 Å². The van der Waals surface area contributed by atoms with Gasteiger partial charge in [0, 0.05) is 13.1 Å². The molecule has 0 unspecified atom stereocenters. The summed E-state index contributed by atoms with van der Waals surface area (Å²) in [5.74, 6) is 2.53. The summed E-state index contributed by atoms with van der Waals surface area (Å²) in [6, 6.07) is 6.01. The lowest BCUT2D eigenvalue weighted by Crippen LogP contribution is -2.38. The molecule has 0 fully saturated rings. The van der Waals surface area contributed by atoms with Gasteiger partial charge in [-0.1, -0.05) is 0 Å². The fraction of sp³-hybridized carbons (Fsp3) is 0.444. The van der Waals surface area contributed by atoms with Crippen LogP contribution in [-0.2, 0) is 6.54 Å². The molecule has 25 heavy (non-hydrogen) atoms. The van der Waals surface area contributed by atoms with Crippen LogP contribution in [0.15, 0.2) is 33.7 Å². The number of aliphatic imine (C=N–C) groups is 1. The molecule has 2 rings (SSSR count). The molecule has 0 radical (unpaired) electrons. The number of oxazole rings is 1. The zero-order chi connectivity index (χ0) is 18.1. The van der Waals surface area contributed by atoms with Crippen LogP contribution in [0.2, 0.25) is 0 Å². The van der Waals surface area contributed by atoms with Gasteiger partial charge in [0.25, 0.3) is 0 Å². The Bertz CT molecular complexity index is 663. The van der Waals surface area contributed by atoms with Crippen molar-refractivity contribution in [1.29, 1.82) is 0 Å². The highest BCUT2D eigenvalue weighted by molar-refractivity contribution is 5.79. The van der Waals surface area contributed by atoms with Gasteiger partial charge in [0.15, 0.2) is 5.96 Å². The highest BCUT2D eigenvalue weighted by Crippen LogP contribution is 2.11. The van der Waals surface area contributed by atoms with E-state index in [1.54, 1.807) is 12.1 Å². The first-order valence-corrected chi connectivity index (χ1v) is 8.42. The van der Waals surface area contributed by atoms with Gasteiger partial charge in [-0.05, 0) is 51.5 Å². The van der Waals surface area contributed by atoms with E-state index in [1.165, 1.54) is 12.1 Å². The molecule has 7 heteroatoms. The largest absolute Gasteiger partial charge is 0.494 e. The molecule has 0 bridgehead atoms. The van der Waals surface area contributed by atoms with Gasteiger partial charge in [0.05, 0.1) is 12.3 Å². The number of guanidine groups is 1. The molecule has 0 aliphatic heterocycles. The summed E-state index contributed by atoms with van der Waals surface area (Å²) in [6.07, 6.45) is 0.791. The standard InChI is InChI=1S/C18H25FN4O2/c1-4-20-18(22-12-17-23-13(2)14(3)25-17)21-10-5-11-24-16-8-6-15(19)7-9-16/h6-9H,4-5,10-12H2,1-3H3,(H2,20,21,22). The van der Waals surface area contributed by atoms with Gasteiger partial charge in [0.1, 0.15) is 23.9 Å². The lowest BCUT2D eigenvalue weighted by atomic mass is 10.3. The van der Waals surface area contributed by atoms with Crippen molar-refractivity contribution in [2.45, 2.75) is 33.7 Å². The monoisotopic (exact) mass is 348 g/mol. The van der Waals surface area contributed by atoms with Crippen molar-refractivity contribution in [1.82, 2.24) is 15.6 Å². The SMILES string of the molecule is CCNC(=NCc1nc(C)c(C)o1)NCCCOc1ccc(F)cc1. The Hall–Kier alpha value is -2.57. The highest BCUT2D eigenvalue weighted by atomic mass is 19.1. The second kappa shape index (κ2) is 9.66. The normalized spacial score (nSPS) is 11.4. The Morgan fingerprint density at radius 2 is 2.00 bits per heavy atom. The molecule has 1 heterocycles. The van der Waals surface area contributed by atoms with E-state index in [9.17, 15) is 4.39 Å². The maximum atomic E-state index is 12.8. The predicted octanol–water partition coefficient (Wildman–Crippen LogP) is 2.95. The molecular formula is C18H25FN4O2. The van der Waals surface area contributed by atoms with Crippen LogP contribution in [-0.4, -0.2) is 30.6 Å². The number of hydrogen-bond acceptors (Lipinski definition) is 4. The van der Waals surface area contributed by atoms with Crippen LogP contribution in [0, 0.1) is 19.7 Å². The molecule has 6 nitrogen and oxygen atoms in total. The molecule has 2 aromatic rings. The Kier molecular flexibility index (Phi) is 7.25. The summed E-state index contributed by atoms with van der Waals surface area (Å²) < 4.78 is 23.9. The van der Waals surface area contributed by atoms with E-state index in [0.717, 1.165) is 24.4 Å². The van der Waals surface area contributed by atoms with Gasteiger partial charge in [-0.2, -0.15) is 0 Å². The van der Waals surface area contributed by atoms with E-state index >= 15 is 0 Å². The molecule has 136 valence electrons. The molecule has 0 aliphatic rings. The van der Waals surface area contributed by atoms with Crippen LogP contribution in [0.5, 0.6) is 5.75 Å². The maximum Gasteiger partial charge on any atom is 0.216 e. The van der Waals surface area contributed by atoms with Crippen molar-refractivity contribution in [3.8, 4) is 5.75 Å². The zero-order valence-electron chi connectivity index (χ0n) is 14.9. The second-order valence-corrected chi connectivity index (χ2v) is 5.53. The van der Waals surface area contributed by atoms with E-state index < -0.39 is 0 Å². The van der Waals surface area contributed by atoms with E-state index in [0.29, 0.717) is 37.3 Å². The van der Waals surface area contributed by atoms with Gasteiger partial charge >= 0.3 is 0 Å². The molecule has 0 saturated heterocycles. The number of ether oxygens (including phenoxy) is 1. The highest BCUT2D eigenvalue weighted by Gasteiger charge is 2.05. The van der Waals surface area contributed by atoms with Crippen LogP contribution >= 0.6 is 0 Å². The molecule has 1 aromatic heterocycles. The molecule has 0 saturated carbocycles. The Morgan fingerprint density at radius 1 is 1.24 bits per heavy atom. The van der Waals surface area contributed by atoms with Crippen LogP contribution in [0.4, 0.5) is 4.39 Å². The number of nitrogens with one attached hydrogen (secondary N) is 2. The topological polar surface area (TPSA) is 71.7 Å². The quantitative estimate of drug-likeness (QED) is 0.436. The Morgan fingerprint density at radius 3 is 2.64 bits per heavy atom. The maximum absolute atomic E-state index is 12.8. The van der Waals surface area contributed by atoms with Crippen LogP contribution in [0.3, 0.4) is 0 Å². The predicted molar refractivity (Wildman–Crippen MR) is 95.3 cm³/mol. The molecule has 0 spiro atoms. The van der Waals surface area contributed by atoms with Gasteiger partial charge in [0.2, 0.25) is 5.89 Å². The summed E-state index contributed by atoms with van der Waals surface area (Å²) in [5.41, 5.74) is 0.890. The van der Waals surface area contributed by atoms with E-state index in [1.807, 2.05) is 20.8 Å². The second-order valence-electron chi connectivity index (χ2n) is 5.53. The average molecular weight is 348 g/mol. The number of aromatic nitrogens is 1. The number of aryl methyl sites for hydroxylation is 2. The van der Waals surface area contributed by atoms with E-state index in [2.05, 4.69) is 20.6 Å². The number of nitrogens with zero attached hydrogens (tertiary/aromatic N) is 2. The number of hydrogen-bond donors (Lipinski definition) is 2. The molecule has 0 atom stereocenters. The first-order chi connectivity index (χ1) is 12.1. The first kappa shape index (κ1) is 18.8. The summed E-state index contributed by atoms with van der Waals surface area (Å²) in [6.45, 7) is 8.20. The van der Waals surface area contributed by atoms with Crippen molar-refractivity contribution in [3.05, 3.63) is 47.4 Å². The fourth-order valence-electron chi connectivity index (χ4n) is 2.10. The van der Waals surface area contributed by atoms with Crippen LogP contribution in [0.1, 0.15) is 30.7 Å². The minimum absolute atomic E-state index is 0.267. The van der Waals surface area contributed by atoms with Gasteiger partial charge < -0.3 is 19.8 Å². The lowest BCUT2D eigenvalue weighted by molar-refractivity contribution is 0.310. The Labute approximate surface area is 147 Å². The number of rotatable bonds is 8. The summed E-state index contributed by atoms with van der Waals surface area (Å²) in [4.78, 5) is 8.78. The summed E-state index contributed by atoms with van der Waals surface area (Å²) >= 11 is 0. The van der Waals surface area contributed by atoms with Crippen LogP contribution < -0.4 is 15.4 Å². The molecule has 0 aliphatic carbocycles. The van der Waals surface area contributed by atoms with Crippen LogP contribution in [0.25, 0.3) is 0 Å². The third-order valence-corrected chi connectivity index (χ3v) is 3.49. The Balaban J connectivity index is 1.73. The van der Waals surface area contributed by atoms with E-state index in [4.69, 9.17) is 9.15 Å². The lowest BCUT2D eigenvalue weighted by Gasteiger charge is -2.11. The van der Waals surface area contributed by atoms with Crippen molar-refractivity contribution in [3.63, 3.8) is 0 Å². The average Bonchev–Trinajstić information content (AvgIpc) is 2.92. The zero-order valence-corrected chi connectivity index (χ0v) is 14.9. The van der Waals surface area contributed by atoms with Gasteiger partial charge in [-0.15, -0.1) is 0 Å². The minimum Gasteiger partial charge on any atom is -0.494 e. The van der Waals surface area contributed by atoms with Crippen molar-refractivity contribution in [2.75, 3.05) is 19.7 Å². The smallest absolute Gasteiger partial charge is 0.216 e. The first-order valence-electron chi connectivity index (χ1n) is 8.42. The third-order valence-electron chi connectivity index (χ3n) is 3.49. The third kappa shape index (κ3) is 6.45. The van der Waals surface area contributed by atoms with E-state index in [-0.39, 0.29) is 5.82 Å². The number of benzene rings is 1.